The highest BCUT2D eigenvalue weighted by Crippen LogP contribution is 2.64. The van der Waals surface area contributed by atoms with Crippen LogP contribution in [0.2, 0.25) is 0 Å². The molecule has 0 aromatic rings. The summed E-state index contributed by atoms with van der Waals surface area (Å²) in [7, 11) is 0. The number of hydrogen-bond donors (Lipinski definition) is 2. The van der Waals surface area contributed by atoms with Gasteiger partial charge in [-0.3, -0.25) is 0 Å². The molecule has 0 heterocycles. The van der Waals surface area contributed by atoms with Gasteiger partial charge in [0.25, 0.3) is 0 Å². The molecule has 3 N–H and O–H groups in total. The fourth-order valence-electron chi connectivity index (χ4n) is 7.02. The van der Waals surface area contributed by atoms with Crippen molar-refractivity contribution in [3.8, 4) is 0 Å². The minimum Gasteiger partial charge on any atom is -0.391 e. The Kier molecular flexibility index (Phi) is 2.97. The summed E-state index contributed by atoms with van der Waals surface area (Å²) in [6, 6.07) is 0. The van der Waals surface area contributed by atoms with Crippen LogP contribution in [0.4, 0.5) is 0 Å². The molecule has 0 radical (unpaired) electrons. The van der Waals surface area contributed by atoms with Crippen LogP contribution in [-0.2, 0) is 0 Å². The highest BCUT2D eigenvalue weighted by Gasteiger charge is 2.58. The fraction of sp³-hybridized carbons (Fsp3) is 1.00. The van der Waals surface area contributed by atoms with E-state index in [1.807, 2.05) is 0 Å². The molecule has 1 unspecified atom stereocenters. The molecule has 5 aliphatic carbocycles. The highest BCUT2D eigenvalue weighted by atomic mass is 16.3. The number of nitrogens with two attached hydrogens (primary N) is 1. The van der Waals surface area contributed by atoms with Gasteiger partial charge in [-0.05, 0) is 74.5 Å². The summed E-state index contributed by atoms with van der Waals surface area (Å²) in [6.45, 7) is 0.475. The highest BCUT2D eigenvalue weighted by molar-refractivity contribution is 5.07. The lowest BCUT2D eigenvalue weighted by Crippen LogP contribution is -2.55. The fourth-order valence-corrected chi connectivity index (χ4v) is 7.02. The second-order valence-corrected chi connectivity index (χ2v) is 8.15. The van der Waals surface area contributed by atoms with Gasteiger partial charge < -0.3 is 10.8 Å². The minimum atomic E-state index is -0.238. The first-order chi connectivity index (χ1) is 9.23. The van der Waals surface area contributed by atoms with Crippen LogP contribution < -0.4 is 5.73 Å². The molecule has 2 heteroatoms. The largest absolute Gasteiger partial charge is 0.391 e. The Balaban J connectivity index is 1.66. The van der Waals surface area contributed by atoms with E-state index in [4.69, 9.17) is 5.73 Å². The molecular formula is C17H29NO. The van der Waals surface area contributed by atoms with Gasteiger partial charge in [0.1, 0.15) is 0 Å². The van der Waals surface area contributed by atoms with Crippen molar-refractivity contribution >= 4 is 0 Å². The van der Waals surface area contributed by atoms with Crippen LogP contribution in [0.15, 0.2) is 0 Å². The maximum absolute atomic E-state index is 10.7. The molecule has 0 aliphatic heterocycles. The van der Waals surface area contributed by atoms with Crippen molar-refractivity contribution in [2.75, 3.05) is 6.54 Å². The second kappa shape index (κ2) is 4.46. The molecule has 0 amide bonds. The Labute approximate surface area is 117 Å². The van der Waals surface area contributed by atoms with E-state index in [0.717, 1.165) is 29.6 Å². The van der Waals surface area contributed by atoms with Crippen LogP contribution in [0.25, 0.3) is 0 Å². The zero-order valence-corrected chi connectivity index (χ0v) is 12.1. The van der Waals surface area contributed by atoms with Crippen molar-refractivity contribution in [2.24, 2.45) is 40.7 Å². The maximum atomic E-state index is 10.7. The Hall–Kier alpha value is -0.0800. The SMILES string of the molecule is NCC(O)C1(C2C3CC4CC(C3)CC2C4)CCCC1. The summed E-state index contributed by atoms with van der Waals surface area (Å²) in [5.41, 5.74) is 6.09. The van der Waals surface area contributed by atoms with Gasteiger partial charge >= 0.3 is 0 Å². The Morgan fingerprint density at radius 1 is 0.947 bits per heavy atom. The lowest BCUT2D eigenvalue weighted by Gasteiger charge is -2.60. The van der Waals surface area contributed by atoms with Crippen LogP contribution in [0.1, 0.15) is 57.8 Å². The van der Waals surface area contributed by atoms with Gasteiger partial charge in [0.2, 0.25) is 0 Å². The van der Waals surface area contributed by atoms with Crippen LogP contribution in [0.5, 0.6) is 0 Å². The molecule has 5 aliphatic rings. The molecule has 2 nitrogen and oxygen atoms in total. The standard InChI is InChI=1S/C17H29NO/c18-10-15(19)17(3-1-2-4-17)16-13-6-11-5-12(8-13)9-14(16)7-11/h11-16,19H,1-10,18H2. The molecule has 1 atom stereocenters. The van der Waals surface area contributed by atoms with Gasteiger partial charge in [0, 0.05) is 12.0 Å². The Bertz CT molecular complexity index is 319. The van der Waals surface area contributed by atoms with Crippen molar-refractivity contribution in [1.29, 1.82) is 0 Å². The number of aliphatic hydroxyl groups excluding tert-OH is 1. The lowest BCUT2D eigenvalue weighted by molar-refractivity contribution is -0.133. The molecule has 5 saturated carbocycles. The molecule has 4 bridgehead atoms. The smallest absolute Gasteiger partial charge is 0.0721 e. The molecule has 0 aromatic carbocycles. The van der Waals surface area contributed by atoms with E-state index in [1.165, 1.54) is 57.8 Å². The average molecular weight is 263 g/mol. The van der Waals surface area contributed by atoms with Crippen molar-refractivity contribution in [1.82, 2.24) is 0 Å². The van der Waals surface area contributed by atoms with E-state index in [1.54, 1.807) is 0 Å². The lowest BCUT2D eigenvalue weighted by atomic mass is 9.45. The normalized spacial score (nSPS) is 48.6. The molecule has 5 rings (SSSR count). The molecular weight excluding hydrogens is 234 g/mol. The Morgan fingerprint density at radius 3 is 1.95 bits per heavy atom. The van der Waals surface area contributed by atoms with Crippen LogP contribution in [0.3, 0.4) is 0 Å². The topological polar surface area (TPSA) is 46.2 Å². The number of hydrogen-bond acceptors (Lipinski definition) is 2. The summed E-state index contributed by atoms with van der Waals surface area (Å²) < 4.78 is 0. The minimum absolute atomic E-state index is 0.206. The first-order valence-electron chi connectivity index (χ1n) is 8.61. The Morgan fingerprint density at radius 2 is 1.47 bits per heavy atom. The predicted octanol–water partition coefficient (Wildman–Crippen LogP) is 2.94. The van der Waals surface area contributed by atoms with Crippen molar-refractivity contribution in [3.63, 3.8) is 0 Å². The van der Waals surface area contributed by atoms with E-state index in [2.05, 4.69) is 0 Å². The van der Waals surface area contributed by atoms with Gasteiger partial charge in [0.15, 0.2) is 0 Å². The van der Waals surface area contributed by atoms with Crippen LogP contribution >= 0.6 is 0 Å². The first kappa shape index (κ1) is 12.6. The summed E-state index contributed by atoms with van der Waals surface area (Å²) in [5, 5.41) is 10.7. The van der Waals surface area contributed by atoms with E-state index in [-0.39, 0.29) is 11.5 Å². The van der Waals surface area contributed by atoms with Crippen molar-refractivity contribution in [2.45, 2.75) is 63.9 Å². The van der Waals surface area contributed by atoms with Crippen molar-refractivity contribution < 1.29 is 5.11 Å². The third-order valence-corrected chi connectivity index (χ3v) is 7.31. The monoisotopic (exact) mass is 263 g/mol. The summed E-state index contributed by atoms with van der Waals surface area (Å²) in [6.07, 6.45) is 12.3. The van der Waals surface area contributed by atoms with Gasteiger partial charge in [-0.2, -0.15) is 0 Å². The van der Waals surface area contributed by atoms with Crippen LogP contribution in [0, 0.1) is 35.0 Å². The molecule has 0 aromatic heterocycles. The molecule has 5 fully saturated rings. The molecule has 0 spiro atoms. The van der Waals surface area contributed by atoms with E-state index < -0.39 is 0 Å². The van der Waals surface area contributed by atoms with Gasteiger partial charge in [-0.15, -0.1) is 0 Å². The van der Waals surface area contributed by atoms with Crippen LogP contribution in [-0.4, -0.2) is 17.8 Å². The van der Waals surface area contributed by atoms with E-state index in [0.29, 0.717) is 6.54 Å². The van der Waals surface area contributed by atoms with Gasteiger partial charge in [-0.25, -0.2) is 0 Å². The zero-order valence-electron chi connectivity index (χ0n) is 12.1. The van der Waals surface area contributed by atoms with Gasteiger partial charge in [-0.1, -0.05) is 12.8 Å². The predicted molar refractivity (Wildman–Crippen MR) is 76.5 cm³/mol. The molecule has 108 valence electrons. The summed E-state index contributed by atoms with van der Waals surface area (Å²) in [5.74, 6) is 4.73. The van der Waals surface area contributed by atoms with Gasteiger partial charge in [0.05, 0.1) is 6.10 Å². The quantitative estimate of drug-likeness (QED) is 0.822. The van der Waals surface area contributed by atoms with Crippen molar-refractivity contribution in [3.05, 3.63) is 0 Å². The molecule has 0 saturated heterocycles. The maximum Gasteiger partial charge on any atom is 0.0721 e. The number of aliphatic hydroxyl groups is 1. The zero-order chi connectivity index (χ0) is 13.0. The number of rotatable bonds is 3. The third kappa shape index (κ3) is 1.75. The second-order valence-electron chi connectivity index (χ2n) is 8.15. The first-order valence-corrected chi connectivity index (χ1v) is 8.61. The van der Waals surface area contributed by atoms with E-state index >= 15 is 0 Å². The summed E-state index contributed by atoms with van der Waals surface area (Å²) in [4.78, 5) is 0. The van der Waals surface area contributed by atoms with E-state index in [9.17, 15) is 5.11 Å². The third-order valence-electron chi connectivity index (χ3n) is 7.31. The summed E-state index contributed by atoms with van der Waals surface area (Å²) >= 11 is 0. The average Bonchev–Trinajstić information content (AvgIpc) is 2.87. The molecule has 19 heavy (non-hydrogen) atoms.